The minimum Gasteiger partial charge on any atom is -0.388 e. The lowest BCUT2D eigenvalue weighted by molar-refractivity contribution is 0.0986. The number of aliphatic hydroxyl groups is 1. The molecule has 1 aliphatic rings. The van der Waals surface area contributed by atoms with Gasteiger partial charge in [0.2, 0.25) is 0 Å². The highest BCUT2D eigenvalue weighted by Crippen LogP contribution is 2.34. The summed E-state index contributed by atoms with van der Waals surface area (Å²) in [6.45, 7) is 3.54. The SMILES string of the molecule is Cc1cc(C(O)C2CCCCCC2)cc(C)c1F. The van der Waals surface area contributed by atoms with Gasteiger partial charge in [-0.15, -0.1) is 0 Å². The molecule has 1 fully saturated rings. The Morgan fingerprint density at radius 2 is 1.56 bits per heavy atom. The van der Waals surface area contributed by atoms with Crippen molar-refractivity contribution in [1.29, 1.82) is 0 Å². The van der Waals surface area contributed by atoms with E-state index in [1.807, 2.05) is 0 Å². The van der Waals surface area contributed by atoms with Crippen LogP contribution < -0.4 is 0 Å². The zero-order chi connectivity index (χ0) is 13.1. The molecule has 0 saturated heterocycles. The molecule has 1 aromatic carbocycles. The summed E-state index contributed by atoms with van der Waals surface area (Å²) in [5.41, 5.74) is 2.16. The van der Waals surface area contributed by atoms with Gasteiger partial charge < -0.3 is 5.11 Å². The zero-order valence-electron chi connectivity index (χ0n) is 11.4. The third kappa shape index (κ3) is 2.92. The van der Waals surface area contributed by atoms with Gasteiger partial charge in [0.05, 0.1) is 6.10 Å². The first-order valence-corrected chi connectivity index (χ1v) is 7.04. The molecule has 1 aromatic rings. The second kappa shape index (κ2) is 5.83. The number of hydrogen-bond acceptors (Lipinski definition) is 1. The standard InChI is InChI=1S/C16H23FO/c1-11-9-14(10-12(2)15(11)17)16(18)13-7-5-3-4-6-8-13/h9-10,13,16,18H,3-8H2,1-2H3. The second-order valence-corrected chi connectivity index (χ2v) is 5.67. The molecule has 0 aromatic heterocycles. The van der Waals surface area contributed by atoms with E-state index in [0.29, 0.717) is 17.0 Å². The highest BCUT2D eigenvalue weighted by molar-refractivity contribution is 5.32. The number of rotatable bonds is 2. The maximum atomic E-state index is 13.6. The van der Waals surface area contributed by atoms with Crippen molar-refractivity contribution in [3.63, 3.8) is 0 Å². The maximum Gasteiger partial charge on any atom is 0.129 e. The van der Waals surface area contributed by atoms with Gasteiger partial charge in [0.1, 0.15) is 5.82 Å². The van der Waals surface area contributed by atoms with Crippen molar-refractivity contribution in [2.75, 3.05) is 0 Å². The summed E-state index contributed by atoms with van der Waals surface area (Å²) in [5.74, 6) is 0.198. The molecule has 0 radical (unpaired) electrons. The molecular weight excluding hydrogens is 227 g/mol. The number of aliphatic hydroxyl groups excluding tert-OH is 1. The highest BCUT2D eigenvalue weighted by atomic mass is 19.1. The average Bonchev–Trinajstić information content (AvgIpc) is 2.63. The van der Waals surface area contributed by atoms with Crippen molar-refractivity contribution in [3.05, 3.63) is 34.6 Å². The molecule has 0 spiro atoms. The van der Waals surface area contributed by atoms with Crippen LogP contribution in [0, 0.1) is 25.6 Å². The Morgan fingerprint density at radius 3 is 2.06 bits per heavy atom. The van der Waals surface area contributed by atoms with E-state index < -0.39 is 6.10 Å². The quantitative estimate of drug-likeness (QED) is 0.769. The van der Waals surface area contributed by atoms with Gasteiger partial charge in [-0.1, -0.05) is 37.8 Å². The van der Waals surface area contributed by atoms with Crippen LogP contribution in [0.15, 0.2) is 12.1 Å². The highest BCUT2D eigenvalue weighted by Gasteiger charge is 2.23. The van der Waals surface area contributed by atoms with Crippen molar-refractivity contribution in [2.45, 2.75) is 58.5 Å². The summed E-state index contributed by atoms with van der Waals surface area (Å²) >= 11 is 0. The molecule has 18 heavy (non-hydrogen) atoms. The van der Waals surface area contributed by atoms with Gasteiger partial charge in [0, 0.05) is 0 Å². The third-order valence-corrected chi connectivity index (χ3v) is 4.15. The van der Waals surface area contributed by atoms with Crippen LogP contribution in [-0.2, 0) is 0 Å². The maximum absolute atomic E-state index is 13.6. The lowest BCUT2D eigenvalue weighted by atomic mass is 9.88. The van der Waals surface area contributed by atoms with E-state index in [9.17, 15) is 9.50 Å². The molecule has 2 rings (SSSR count). The molecule has 0 aliphatic heterocycles. The smallest absolute Gasteiger partial charge is 0.129 e. The molecule has 1 unspecified atom stereocenters. The predicted octanol–water partition coefficient (Wildman–Crippen LogP) is 4.45. The van der Waals surface area contributed by atoms with Crippen LogP contribution in [-0.4, -0.2) is 5.11 Å². The first-order chi connectivity index (χ1) is 8.59. The largest absolute Gasteiger partial charge is 0.388 e. The average molecular weight is 250 g/mol. The number of halogens is 1. The van der Waals surface area contributed by atoms with Crippen molar-refractivity contribution < 1.29 is 9.50 Å². The van der Waals surface area contributed by atoms with E-state index in [2.05, 4.69) is 0 Å². The topological polar surface area (TPSA) is 20.2 Å². The van der Waals surface area contributed by atoms with Crippen LogP contribution in [0.3, 0.4) is 0 Å². The van der Waals surface area contributed by atoms with Gasteiger partial charge in [-0.3, -0.25) is 0 Å². The van der Waals surface area contributed by atoms with E-state index in [0.717, 1.165) is 18.4 Å². The van der Waals surface area contributed by atoms with E-state index in [1.54, 1.807) is 26.0 Å². The van der Waals surface area contributed by atoms with Gasteiger partial charge in [-0.2, -0.15) is 0 Å². The molecule has 0 heterocycles. The van der Waals surface area contributed by atoms with Gasteiger partial charge in [-0.05, 0) is 49.3 Å². The fourth-order valence-electron chi connectivity index (χ4n) is 3.05. The van der Waals surface area contributed by atoms with Gasteiger partial charge in [0.25, 0.3) is 0 Å². The summed E-state index contributed by atoms with van der Waals surface area (Å²) in [5, 5.41) is 10.5. The summed E-state index contributed by atoms with van der Waals surface area (Å²) in [6, 6.07) is 3.61. The lowest BCUT2D eigenvalue weighted by Crippen LogP contribution is -2.12. The van der Waals surface area contributed by atoms with Crippen LogP contribution in [0.25, 0.3) is 0 Å². The Bertz CT molecular complexity index is 383. The molecule has 1 aliphatic carbocycles. The Labute approximate surface area is 109 Å². The van der Waals surface area contributed by atoms with Gasteiger partial charge >= 0.3 is 0 Å². The fourth-order valence-corrected chi connectivity index (χ4v) is 3.05. The Morgan fingerprint density at radius 1 is 1.06 bits per heavy atom. The second-order valence-electron chi connectivity index (χ2n) is 5.67. The Kier molecular flexibility index (Phi) is 4.39. The summed E-state index contributed by atoms with van der Waals surface area (Å²) in [7, 11) is 0. The van der Waals surface area contributed by atoms with Crippen LogP contribution in [0.5, 0.6) is 0 Å². The number of aryl methyl sites for hydroxylation is 2. The molecule has 0 bridgehead atoms. The fraction of sp³-hybridized carbons (Fsp3) is 0.625. The van der Waals surface area contributed by atoms with Gasteiger partial charge in [-0.25, -0.2) is 4.39 Å². The summed E-state index contributed by atoms with van der Waals surface area (Å²) in [6.07, 6.45) is 6.74. The first kappa shape index (κ1) is 13.5. The predicted molar refractivity (Wildman–Crippen MR) is 72.0 cm³/mol. The van der Waals surface area contributed by atoms with E-state index >= 15 is 0 Å². The zero-order valence-corrected chi connectivity index (χ0v) is 11.4. The molecular formula is C16H23FO. The third-order valence-electron chi connectivity index (χ3n) is 4.15. The molecule has 1 nitrogen and oxygen atoms in total. The number of benzene rings is 1. The van der Waals surface area contributed by atoms with E-state index in [-0.39, 0.29) is 5.82 Å². The van der Waals surface area contributed by atoms with Crippen LogP contribution >= 0.6 is 0 Å². The minimum absolute atomic E-state index is 0.146. The number of hydrogen-bond donors (Lipinski definition) is 1. The van der Waals surface area contributed by atoms with Crippen molar-refractivity contribution in [2.24, 2.45) is 5.92 Å². The van der Waals surface area contributed by atoms with E-state index in [1.165, 1.54) is 25.7 Å². The molecule has 1 saturated carbocycles. The van der Waals surface area contributed by atoms with Crippen molar-refractivity contribution >= 4 is 0 Å². The monoisotopic (exact) mass is 250 g/mol. The summed E-state index contributed by atoms with van der Waals surface area (Å²) < 4.78 is 13.6. The molecule has 1 N–H and O–H groups in total. The first-order valence-electron chi connectivity index (χ1n) is 7.04. The summed E-state index contributed by atoms with van der Waals surface area (Å²) in [4.78, 5) is 0. The normalized spacial score (nSPS) is 19.6. The van der Waals surface area contributed by atoms with Crippen molar-refractivity contribution in [1.82, 2.24) is 0 Å². The molecule has 1 atom stereocenters. The molecule has 0 amide bonds. The van der Waals surface area contributed by atoms with Crippen LogP contribution in [0.2, 0.25) is 0 Å². The van der Waals surface area contributed by atoms with Crippen LogP contribution in [0.4, 0.5) is 4.39 Å². The minimum atomic E-state index is -0.430. The van der Waals surface area contributed by atoms with Crippen LogP contribution in [0.1, 0.15) is 61.3 Å². The lowest BCUT2D eigenvalue weighted by Gasteiger charge is -2.22. The van der Waals surface area contributed by atoms with Crippen molar-refractivity contribution in [3.8, 4) is 0 Å². The Balaban J connectivity index is 2.19. The molecule has 100 valence electrons. The molecule has 2 heteroatoms. The van der Waals surface area contributed by atoms with E-state index in [4.69, 9.17) is 0 Å². The van der Waals surface area contributed by atoms with Gasteiger partial charge in [0.15, 0.2) is 0 Å². The Hall–Kier alpha value is -0.890.